The fourth-order valence-corrected chi connectivity index (χ4v) is 1.50. The van der Waals surface area contributed by atoms with Gasteiger partial charge >= 0.3 is 5.97 Å². The molecule has 1 rings (SSSR count). The summed E-state index contributed by atoms with van der Waals surface area (Å²) >= 11 is 5.87. The van der Waals surface area contributed by atoms with E-state index in [0.29, 0.717) is 5.69 Å². The SMILES string of the molecule is COC(=O)c1cc(NC(=O)C=C(C)C)ccc1Cl. The lowest BCUT2D eigenvalue weighted by atomic mass is 10.2. The van der Waals surface area contributed by atoms with Gasteiger partial charge < -0.3 is 10.1 Å². The monoisotopic (exact) mass is 267 g/mol. The molecule has 0 fully saturated rings. The molecule has 18 heavy (non-hydrogen) atoms. The maximum absolute atomic E-state index is 11.5. The summed E-state index contributed by atoms with van der Waals surface area (Å²) in [6.07, 6.45) is 1.46. The molecule has 0 aromatic heterocycles. The molecule has 0 bridgehead atoms. The normalized spacial score (nSPS) is 9.56. The first kappa shape index (κ1) is 14.3. The van der Waals surface area contributed by atoms with Crippen LogP contribution < -0.4 is 5.32 Å². The Kier molecular flexibility index (Phi) is 4.92. The summed E-state index contributed by atoms with van der Waals surface area (Å²) in [5.74, 6) is -0.800. The number of carbonyl (C=O) groups excluding carboxylic acids is 2. The van der Waals surface area contributed by atoms with Gasteiger partial charge in [0.1, 0.15) is 0 Å². The molecule has 0 aliphatic carbocycles. The minimum atomic E-state index is -0.543. The number of anilines is 1. The zero-order chi connectivity index (χ0) is 13.7. The van der Waals surface area contributed by atoms with Crippen molar-refractivity contribution >= 4 is 29.2 Å². The molecule has 0 aliphatic heterocycles. The molecule has 4 nitrogen and oxygen atoms in total. The second-order valence-corrected chi connectivity index (χ2v) is 4.30. The van der Waals surface area contributed by atoms with E-state index in [-0.39, 0.29) is 16.5 Å². The number of carbonyl (C=O) groups is 2. The number of nitrogens with one attached hydrogen (secondary N) is 1. The summed E-state index contributed by atoms with van der Waals surface area (Å²) in [7, 11) is 1.27. The summed E-state index contributed by atoms with van der Waals surface area (Å²) < 4.78 is 4.59. The van der Waals surface area contributed by atoms with Gasteiger partial charge in [-0.3, -0.25) is 4.79 Å². The van der Waals surface area contributed by atoms with E-state index in [1.165, 1.54) is 25.3 Å². The van der Waals surface area contributed by atoms with Crippen LogP contribution in [0.1, 0.15) is 24.2 Å². The Morgan fingerprint density at radius 2 is 2.00 bits per heavy atom. The van der Waals surface area contributed by atoms with Gasteiger partial charge in [0.2, 0.25) is 5.91 Å². The topological polar surface area (TPSA) is 55.4 Å². The van der Waals surface area contributed by atoms with Crippen LogP contribution in [-0.4, -0.2) is 19.0 Å². The molecule has 0 atom stereocenters. The van der Waals surface area contributed by atoms with Gasteiger partial charge in [-0.15, -0.1) is 0 Å². The van der Waals surface area contributed by atoms with Gasteiger partial charge in [-0.05, 0) is 32.0 Å². The molecule has 0 spiro atoms. The maximum Gasteiger partial charge on any atom is 0.339 e. The largest absolute Gasteiger partial charge is 0.465 e. The highest BCUT2D eigenvalue weighted by molar-refractivity contribution is 6.33. The molecule has 5 heteroatoms. The van der Waals surface area contributed by atoms with Crippen molar-refractivity contribution in [1.82, 2.24) is 0 Å². The molecule has 0 radical (unpaired) electrons. The number of allylic oxidation sites excluding steroid dienone is 1. The van der Waals surface area contributed by atoms with Crippen molar-refractivity contribution in [3.05, 3.63) is 40.4 Å². The third-order valence-corrected chi connectivity index (χ3v) is 2.39. The van der Waals surface area contributed by atoms with E-state index in [4.69, 9.17) is 11.6 Å². The average Bonchev–Trinajstić information content (AvgIpc) is 2.29. The number of hydrogen-bond acceptors (Lipinski definition) is 3. The minimum Gasteiger partial charge on any atom is -0.465 e. The van der Waals surface area contributed by atoms with E-state index < -0.39 is 5.97 Å². The van der Waals surface area contributed by atoms with Gasteiger partial charge in [-0.1, -0.05) is 17.2 Å². The highest BCUT2D eigenvalue weighted by Gasteiger charge is 2.11. The number of halogens is 1. The van der Waals surface area contributed by atoms with Gasteiger partial charge in [0, 0.05) is 11.8 Å². The molecule has 1 amide bonds. The van der Waals surface area contributed by atoms with Crippen molar-refractivity contribution in [2.24, 2.45) is 0 Å². The van der Waals surface area contributed by atoms with Gasteiger partial charge in [0.15, 0.2) is 0 Å². The maximum atomic E-state index is 11.5. The number of rotatable bonds is 3. The number of ether oxygens (including phenoxy) is 1. The van der Waals surface area contributed by atoms with Crippen LogP contribution in [0.5, 0.6) is 0 Å². The first-order valence-corrected chi connectivity index (χ1v) is 5.65. The zero-order valence-electron chi connectivity index (χ0n) is 10.4. The van der Waals surface area contributed by atoms with Crippen molar-refractivity contribution in [3.63, 3.8) is 0 Å². The summed E-state index contributed by atoms with van der Waals surface area (Å²) in [4.78, 5) is 22.9. The molecular weight excluding hydrogens is 254 g/mol. The lowest BCUT2D eigenvalue weighted by molar-refractivity contribution is -0.111. The van der Waals surface area contributed by atoms with Crippen LogP contribution in [0.2, 0.25) is 5.02 Å². The number of esters is 1. The first-order valence-electron chi connectivity index (χ1n) is 5.27. The smallest absolute Gasteiger partial charge is 0.339 e. The highest BCUT2D eigenvalue weighted by atomic mass is 35.5. The van der Waals surface area contributed by atoms with Crippen LogP contribution in [0.25, 0.3) is 0 Å². The molecule has 96 valence electrons. The Balaban J connectivity index is 2.95. The predicted molar refractivity (Wildman–Crippen MR) is 70.9 cm³/mol. The van der Waals surface area contributed by atoms with Gasteiger partial charge in [-0.25, -0.2) is 4.79 Å². The van der Waals surface area contributed by atoms with E-state index >= 15 is 0 Å². The van der Waals surface area contributed by atoms with Crippen molar-refractivity contribution in [3.8, 4) is 0 Å². The van der Waals surface area contributed by atoms with Crippen molar-refractivity contribution in [2.75, 3.05) is 12.4 Å². The van der Waals surface area contributed by atoms with Gasteiger partial charge in [-0.2, -0.15) is 0 Å². The molecule has 0 aliphatic rings. The molecule has 0 saturated carbocycles. The van der Waals surface area contributed by atoms with Crippen molar-refractivity contribution in [2.45, 2.75) is 13.8 Å². The molecule has 0 heterocycles. The van der Waals surface area contributed by atoms with E-state index in [2.05, 4.69) is 10.1 Å². The summed E-state index contributed by atoms with van der Waals surface area (Å²) in [6.45, 7) is 3.64. The van der Waals surface area contributed by atoms with Crippen molar-refractivity contribution < 1.29 is 14.3 Å². The number of methoxy groups -OCH3 is 1. The predicted octanol–water partition coefficient (Wildman–Crippen LogP) is 3.03. The van der Waals surface area contributed by atoms with Crippen molar-refractivity contribution in [1.29, 1.82) is 0 Å². The molecule has 0 saturated heterocycles. The quantitative estimate of drug-likeness (QED) is 0.676. The third kappa shape index (κ3) is 3.89. The highest BCUT2D eigenvalue weighted by Crippen LogP contribution is 2.21. The van der Waals surface area contributed by atoms with Gasteiger partial charge in [0.05, 0.1) is 17.7 Å². The fourth-order valence-electron chi connectivity index (χ4n) is 1.31. The summed E-state index contributed by atoms with van der Waals surface area (Å²) in [5, 5.41) is 2.92. The lowest BCUT2D eigenvalue weighted by Crippen LogP contribution is -2.10. The Morgan fingerprint density at radius 3 is 2.56 bits per heavy atom. The second-order valence-electron chi connectivity index (χ2n) is 3.90. The molecule has 0 unspecified atom stereocenters. The van der Waals surface area contributed by atoms with E-state index in [0.717, 1.165) is 5.57 Å². The third-order valence-electron chi connectivity index (χ3n) is 2.06. The van der Waals surface area contributed by atoms with Gasteiger partial charge in [0.25, 0.3) is 0 Å². The van der Waals surface area contributed by atoms with Crippen LogP contribution in [0.15, 0.2) is 29.8 Å². The zero-order valence-corrected chi connectivity index (χ0v) is 11.2. The standard InChI is InChI=1S/C13H14ClNO3/c1-8(2)6-12(16)15-9-4-5-11(14)10(7-9)13(17)18-3/h4-7H,1-3H3,(H,15,16). The number of benzene rings is 1. The first-order chi connectivity index (χ1) is 8.43. The second kappa shape index (κ2) is 6.21. The Hall–Kier alpha value is -1.81. The average molecular weight is 268 g/mol. The van der Waals surface area contributed by atoms with Crippen LogP contribution in [0, 0.1) is 0 Å². The van der Waals surface area contributed by atoms with E-state index in [9.17, 15) is 9.59 Å². The number of hydrogen-bond donors (Lipinski definition) is 1. The Morgan fingerprint density at radius 1 is 1.33 bits per heavy atom. The number of amides is 1. The lowest BCUT2D eigenvalue weighted by Gasteiger charge is -2.06. The molecular formula is C13H14ClNO3. The Bertz CT molecular complexity index is 505. The van der Waals surface area contributed by atoms with Crippen LogP contribution in [0.3, 0.4) is 0 Å². The van der Waals surface area contributed by atoms with E-state index in [1.54, 1.807) is 6.07 Å². The fraction of sp³-hybridized carbons (Fsp3) is 0.231. The molecule has 1 N–H and O–H groups in total. The van der Waals surface area contributed by atoms with Crippen LogP contribution >= 0.6 is 11.6 Å². The van der Waals surface area contributed by atoms with Crippen LogP contribution in [-0.2, 0) is 9.53 Å². The molecule has 1 aromatic carbocycles. The minimum absolute atomic E-state index is 0.217. The molecule has 1 aromatic rings. The van der Waals surface area contributed by atoms with Crippen LogP contribution in [0.4, 0.5) is 5.69 Å². The summed E-state index contributed by atoms with van der Waals surface area (Å²) in [5.41, 5.74) is 1.59. The Labute approximate surface area is 111 Å². The summed E-state index contributed by atoms with van der Waals surface area (Å²) in [6, 6.07) is 4.63. The van der Waals surface area contributed by atoms with E-state index in [1.807, 2.05) is 13.8 Å².